The highest BCUT2D eigenvalue weighted by molar-refractivity contribution is 5.97. The van der Waals surface area contributed by atoms with Gasteiger partial charge in [0, 0.05) is 37.6 Å². The maximum atomic E-state index is 13.6. The molecule has 0 saturated carbocycles. The fourth-order valence-electron chi connectivity index (χ4n) is 3.46. The highest BCUT2D eigenvalue weighted by Crippen LogP contribution is 2.22. The first kappa shape index (κ1) is 18.9. The van der Waals surface area contributed by atoms with Crippen molar-refractivity contribution in [1.82, 2.24) is 14.8 Å². The summed E-state index contributed by atoms with van der Waals surface area (Å²) in [6, 6.07) is 5.76. The summed E-state index contributed by atoms with van der Waals surface area (Å²) in [5.41, 5.74) is 2.66. The molecule has 1 fully saturated rings. The van der Waals surface area contributed by atoms with Crippen molar-refractivity contribution in [3.8, 4) is 5.75 Å². The number of H-pyrrole nitrogens is 1. The molecule has 1 aliphatic heterocycles. The Bertz CT molecular complexity index is 862. The number of methoxy groups -OCH3 is 1. The molecule has 144 valence electrons. The molecule has 2 heterocycles. The number of hydrogen-bond donors (Lipinski definition) is 1. The number of amides is 2. The second-order valence-electron chi connectivity index (χ2n) is 6.77. The average molecular weight is 373 g/mol. The summed E-state index contributed by atoms with van der Waals surface area (Å²) < 4.78 is 18.8. The molecule has 1 saturated heterocycles. The molecule has 0 aliphatic carbocycles. The Balaban J connectivity index is 1.73. The number of carbonyl (C=O) groups excluding carboxylic acids is 2. The van der Waals surface area contributed by atoms with E-state index in [2.05, 4.69) is 4.98 Å². The Morgan fingerprint density at radius 2 is 1.63 bits per heavy atom. The van der Waals surface area contributed by atoms with Crippen LogP contribution < -0.4 is 4.74 Å². The predicted octanol–water partition coefficient (Wildman–Crippen LogP) is 2.77. The quantitative estimate of drug-likeness (QED) is 0.900. The van der Waals surface area contributed by atoms with Crippen LogP contribution >= 0.6 is 0 Å². The zero-order chi connectivity index (χ0) is 19.6. The van der Waals surface area contributed by atoms with Crippen molar-refractivity contribution in [2.24, 2.45) is 0 Å². The lowest BCUT2D eigenvalue weighted by Gasteiger charge is -2.23. The van der Waals surface area contributed by atoms with Gasteiger partial charge in [0.25, 0.3) is 11.8 Å². The molecule has 2 aromatic rings. The fourth-order valence-corrected chi connectivity index (χ4v) is 3.46. The van der Waals surface area contributed by atoms with Crippen LogP contribution in [0.2, 0.25) is 0 Å². The highest BCUT2D eigenvalue weighted by Gasteiger charge is 2.26. The lowest BCUT2D eigenvalue weighted by molar-refractivity contribution is 0.0716. The molecule has 0 unspecified atom stereocenters. The van der Waals surface area contributed by atoms with E-state index in [4.69, 9.17) is 4.74 Å². The van der Waals surface area contributed by atoms with Crippen LogP contribution in [0.15, 0.2) is 24.3 Å². The maximum absolute atomic E-state index is 13.6. The van der Waals surface area contributed by atoms with Crippen molar-refractivity contribution in [1.29, 1.82) is 0 Å². The molecule has 2 amide bonds. The molecule has 1 aromatic carbocycles. The predicted molar refractivity (Wildman–Crippen MR) is 99.6 cm³/mol. The van der Waals surface area contributed by atoms with Gasteiger partial charge >= 0.3 is 0 Å². The lowest BCUT2D eigenvalue weighted by atomic mass is 10.1. The monoisotopic (exact) mass is 373 g/mol. The number of carbonyl (C=O) groups is 2. The molecule has 0 spiro atoms. The largest absolute Gasteiger partial charge is 0.496 e. The van der Waals surface area contributed by atoms with E-state index in [9.17, 15) is 14.0 Å². The summed E-state index contributed by atoms with van der Waals surface area (Å²) in [7, 11) is 1.45. The number of nitrogens with one attached hydrogen (secondary N) is 1. The molecule has 0 bridgehead atoms. The summed E-state index contributed by atoms with van der Waals surface area (Å²) in [6.45, 7) is 5.71. The number of rotatable bonds is 3. The Kier molecular flexibility index (Phi) is 5.48. The van der Waals surface area contributed by atoms with Crippen LogP contribution in [-0.4, -0.2) is 59.9 Å². The van der Waals surface area contributed by atoms with Crippen molar-refractivity contribution in [2.75, 3.05) is 33.3 Å². The molecule has 0 radical (unpaired) electrons. The molecule has 1 N–H and O–H groups in total. The Hall–Kier alpha value is -2.83. The van der Waals surface area contributed by atoms with Gasteiger partial charge in [-0.2, -0.15) is 0 Å². The van der Waals surface area contributed by atoms with Gasteiger partial charge in [-0.3, -0.25) is 9.59 Å². The van der Waals surface area contributed by atoms with Gasteiger partial charge in [-0.05, 0) is 44.5 Å². The molecular formula is C20H24FN3O3. The number of benzene rings is 1. The number of ether oxygens (including phenoxy) is 1. The minimum Gasteiger partial charge on any atom is -0.496 e. The topological polar surface area (TPSA) is 65.6 Å². The van der Waals surface area contributed by atoms with E-state index in [0.717, 1.165) is 11.4 Å². The van der Waals surface area contributed by atoms with Crippen LogP contribution in [0.5, 0.6) is 5.75 Å². The molecule has 6 nitrogen and oxygen atoms in total. The molecule has 3 rings (SSSR count). The van der Waals surface area contributed by atoms with Gasteiger partial charge in [0.15, 0.2) is 0 Å². The van der Waals surface area contributed by atoms with Crippen molar-refractivity contribution >= 4 is 11.8 Å². The van der Waals surface area contributed by atoms with Crippen molar-refractivity contribution in [2.45, 2.75) is 20.3 Å². The second kappa shape index (κ2) is 7.82. The first-order chi connectivity index (χ1) is 12.9. The second-order valence-corrected chi connectivity index (χ2v) is 6.77. The molecule has 1 aromatic heterocycles. The summed E-state index contributed by atoms with van der Waals surface area (Å²) in [4.78, 5) is 32.2. The molecule has 7 heteroatoms. The van der Waals surface area contributed by atoms with E-state index in [0.29, 0.717) is 43.9 Å². The number of aryl methyl sites for hydroxylation is 2. The standard InChI is InChI=1S/C20H24FN3O3/c1-13-11-16(14(2)22-13)19(25)23-7-4-8-24(10-9-23)20(26)17-12-15(21)5-6-18(17)27-3/h5-6,11-12,22H,4,7-10H2,1-3H3. The SMILES string of the molecule is COc1ccc(F)cc1C(=O)N1CCCN(C(=O)c2cc(C)[nH]c2C)CC1. The van der Waals surface area contributed by atoms with Gasteiger partial charge < -0.3 is 19.5 Å². The van der Waals surface area contributed by atoms with Crippen molar-refractivity contribution < 1.29 is 18.7 Å². The smallest absolute Gasteiger partial charge is 0.257 e. The summed E-state index contributed by atoms with van der Waals surface area (Å²) >= 11 is 0. The molecule has 1 aliphatic rings. The third kappa shape index (κ3) is 3.97. The van der Waals surface area contributed by atoms with E-state index in [-0.39, 0.29) is 17.4 Å². The maximum Gasteiger partial charge on any atom is 0.257 e. The van der Waals surface area contributed by atoms with E-state index < -0.39 is 5.82 Å². The summed E-state index contributed by atoms with van der Waals surface area (Å²) in [5, 5.41) is 0. The third-order valence-electron chi connectivity index (χ3n) is 4.84. The van der Waals surface area contributed by atoms with Gasteiger partial charge in [-0.25, -0.2) is 4.39 Å². The molecule has 27 heavy (non-hydrogen) atoms. The molecule has 0 atom stereocenters. The van der Waals surface area contributed by atoms with Crippen LogP contribution in [-0.2, 0) is 0 Å². The van der Waals surface area contributed by atoms with E-state index >= 15 is 0 Å². The Morgan fingerprint density at radius 3 is 2.19 bits per heavy atom. The van der Waals surface area contributed by atoms with E-state index in [1.54, 1.807) is 9.80 Å². The third-order valence-corrected chi connectivity index (χ3v) is 4.84. The lowest BCUT2D eigenvalue weighted by Crippen LogP contribution is -2.37. The minimum atomic E-state index is -0.482. The zero-order valence-corrected chi connectivity index (χ0v) is 15.8. The van der Waals surface area contributed by atoms with Crippen LogP contribution in [0.25, 0.3) is 0 Å². The van der Waals surface area contributed by atoms with E-state index in [1.165, 1.54) is 25.3 Å². The van der Waals surface area contributed by atoms with E-state index in [1.807, 2.05) is 19.9 Å². The van der Waals surface area contributed by atoms with Gasteiger partial charge in [0.2, 0.25) is 0 Å². The van der Waals surface area contributed by atoms with Crippen LogP contribution in [0.4, 0.5) is 4.39 Å². The minimum absolute atomic E-state index is 0.0329. The number of hydrogen-bond acceptors (Lipinski definition) is 3. The summed E-state index contributed by atoms with van der Waals surface area (Å²) in [6.07, 6.45) is 0.664. The number of nitrogens with zero attached hydrogens (tertiary/aromatic N) is 2. The first-order valence-electron chi connectivity index (χ1n) is 8.99. The van der Waals surface area contributed by atoms with Gasteiger partial charge in [0.1, 0.15) is 11.6 Å². The van der Waals surface area contributed by atoms with Crippen LogP contribution in [0.3, 0.4) is 0 Å². The van der Waals surface area contributed by atoms with Gasteiger partial charge in [-0.15, -0.1) is 0 Å². The Morgan fingerprint density at radius 1 is 1.00 bits per heavy atom. The summed E-state index contributed by atoms with van der Waals surface area (Å²) in [5.74, 6) is -0.454. The van der Waals surface area contributed by atoms with Gasteiger partial charge in [0.05, 0.1) is 18.2 Å². The van der Waals surface area contributed by atoms with Crippen LogP contribution in [0.1, 0.15) is 38.5 Å². The fraction of sp³-hybridized carbons (Fsp3) is 0.400. The number of halogens is 1. The van der Waals surface area contributed by atoms with Crippen LogP contribution in [0, 0.1) is 19.7 Å². The first-order valence-corrected chi connectivity index (χ1v) is 8.99. The number of aromatic amines is 1. The van der Waals surface area contributed by atoms with Crippen molar-refractivity contribution in [3.63, 3.8) is 0 Å². The zero-order valence-electron chi connectivity index (χ0n) is 15.8. The molecular weight excluding hydrogens is 349 g/mol. The number of aromatic nitrogens is 1. The Labute approximate surface area is 157 Å². The van der Waals surface area contributed by atoms with Gasteiger partial charge in [-0.1, -0.05) is 0 Å². The average Bonchev–Trinajstić information content (AvgIpc) is 2.85. The normalized spacial score (nSPS) is 14.8. The highest BCUT2D eigenvalue weighted by atomic mass is 19.1. The van der Waals surface area contributed by atoms with Crippen molar-refractivity contribution in [3.05, 3.63) is 52.6 Å².